The molecule has 126 valence electrons. The number of likely N-dealkylation sites (tertiary alicyclic amines) is 1. The Balaban J connectivity index is 1.77. The second kappa shape index (κ2) is 6.25. The first kappa shape index (κ1) is 15.7. The van der Waals surface area contributed by atoms with E-state index in [9.17, 15) is 0 Å². The maximum atomic E-state index is 5.35. The van der Waals surface area contributed by atoms with E-state index in [-0.39, 0.29) is 0 Å². The fraction of sp³-hybridized carbons (Fsp3) is 0.455. The zero-order valence-corrected chi connectivity index (χ0v) is 15.0. The van der Waals surface area contributed by atoms with Crippen LogP contribution in [0.15, 0.2) is 42.5 Å². The molecule has 0 bridgehead atoms. The minimum atomic E-state index is 0.537. The number of hydrogen-bond donors (Lipinski definition) is 0. The van der Waals surface area contributed by atoms with Crippen LogP contribution in [-0.4, -0.2) is 31.6 Å². The van der Waals surface area contributed by atoms with Gasteiger partial charge >= 0.3 is 0 Å². The van der Waals surface area contributed by atoms with Crippen LogP contribution >= 0.6 is 0 Å². The van der Waals surface area contributed by atoms with Gasteiger partial charge in [-0.1, -0.05) is 42.8 Å². The van der Waals surface area contributed by atoms with E-state index in [1.54, 1.807) is 18.2 Å². The van der Waals surface area contributed by atoms with E-state index < -0.39 is 0 Å². The first-order chi connectivity index (χ1) is 11.7. The summed E-state index contributed by atoms with van der Waals surface area (Å²) in [6.07, 6.45) is 1.29. The lowest BCUT2D eigenvalue weighted by atomic mass is 9.78. The normalized spacial score (nSPS) is 26.0. The first-order valence-electron chi connectivity index (χ1n) is 9.18. The Bertz CT molecular complexity index is 721. The Morgan fingerprint density at radius 2 is 1.88 bits per heavy atom. The highest BCUT2D eigenvalue weighted by Gasteiger charge is 2.43. The van der Waals surface area contributed by atoms with E-state index in [2.05, 4.69) is 61.2 Å². The molecule has 0 N–H and O–H groups in total. The van der Waals surface area contributed by atoms with Gasteiger partial charge in [0.1, 0.15) is 5.75 Å². The third kappa shape index (κ3) is 2.53. The highest BCUT2D eigenvalue weighted by Crippen LogP contribution is 2.53. The van der Waals surface area contributed by atoms with E-state index in [1.165, 1.54) is 30.6 Å². The largest absolute Gasteiger partial charge is 0.497 e. The predicted octanol–water partition coefficient (Wildman–Crippen LogP) is 4.57. The number of aryl methyl sites for hydroxylation is 1. The molecule has 2 aromatic rings. The fourth-order valence-corrected chi connectivity index (χ4v) is 4.82. The summed E-state index contributed by atoms with van der Waals surface area (Å²) in [5.41, 5.74) is 5.97. The second-order valence-electron chi connectivity index (χ2n) is 7.34. The molecule has 2 heteroatoms. The lowest BCUT2D eigenvalue weighted by Crippen LogP contribution is -2.38. The molecule has 24 heavy (non-hydrogen) atoms. The molecule has 0 spiro atoms. The van der Waals surface area contributed by atoms with Gasteiger partial charge in [0.15, 0.2) is 0 Å². The second-order valence-corrected chi connectivity index (χ2v) is 7.34. The topological polar surface area (TPSA) is 12.5 Å². The van der Waals surface area contributed by atoms with Crippen molar-refractivity contribution in [2.75, 3.05) is 26.7 Å². The standard InChI is InChI=1S/C22H27NO/c1-4-23-12-11-19-21(14-23)18-10-5-15(2)13-20(18)22(19)16-6-8-17(24-3)9-7-16/h5-10,13,19,21-22H,4,11-12,14H2,1-3H3/t19-,21-,22+/m0/s1. The van der Waals surface area contributed by atoms with Gasteiger partial charge in [-0.05, 0) is 61.2 Å². The van der Waals surface area contributed by atoms with Crippen molar-refractivity contribution >= 4 is 0 Å². The van der Waals surface area contributed by atoms with Crippen LogP contribution in [-0.2, 0) is 0 Å². The van der Waals surface area contributed by atoms with Crippen LogP contribution in [0.4, 0.5) is 0 Å². The lowest BCUT2D eigenvalue weighted by Gasteiger charge is -2.37. The van der Waals surface area contributed by atoms with E-state index in [0.717, 1.165) is 18.2 Å². The van der Waals surface area contributed by atoms with Crippen molar-refractivity contribution < 1.29 is 4.74 Å². The number of likely N-dealkylation sites (N-methyl/N-ethyl adjacent to an activating group) is 1. The number of ether oxygens (including phenoxy) is 1. The molecule has 2 aliphatic rings. The molecule has 0 aromatic heterocycles. The summed E-state index contributed by atoms with van der Waals surface area (Å²) in [7, 11) is 1.74. The molecule has 0 radical (unpaired) electrons. The van der Waals surface area contributed by atoms with Crippen LogP contribution in [0.5, 0.6) is 5.75 Å². The molecule has 3 atom stereocenters. The minimum Gasteiger partial charge on any atom is -0.497 e. The molecule has 2 nitrogen and oxygen atoms in total. The fourth-order valence-electron chi connectivity index (χ4n) is 4.82. The van der Waals surface area contributed by atoms with Crippen molar-refractivity contribution in [1.82, 2.24) is 4.90 Å². The van der Waals surface area contributed by atoms with Crippen LogP contribution in [0.3, 0.4) is 0 Å². The summed E-state index contributed by atoms with van der Waals surface area (Å²) >= 11 is 0. The van der Waals surface area contributed by atoms with Gasteiger partial charge in [-0.2, -0.15) is 0 Å². The summed E-state index contributed by atoms with van der Waals surface area (Å²) in [6.45, 7) is 8.11. The van der Waals surface area contributed by atoms with Gasteiger partial charge < -0.3 is 9.64 Å². The van der Waals surface area contributed by atoms with E-state index in [0.29, 0.717) is 11.8 Å². The van der Waals surface area contributed by atoms with Crippen LogP contribution in [0, 0.1) is 12.8 Å². The number of rotatable bonds is 3. The van der Waals surface area contributed by atoms with Gasteiger partial charge in [0.05, 0.1) is 7.11 Å². The van der Waals surface area contributed by atoms with Gasteiger partial charge in [-0.15, -0.1) is 0 Å². The van der Waals surface area contributed by atoms with Crippen molar-refractivity contribution in [3.63, 3.8) is 0 Å². The quantitative estimate of drug-likeness (QED) is 0.821. The van der Waals surface area contributed by atoms with Gasteiger partial charge in [0.2, 0.25) is 0 Å². The van der Waals surface area contributed by atoms with E-state index in [1.807, 2.05) is 0 Å². The van der Waals surface area contributed by atoms with Crippen LogP contribution in [0.2, 0.25) is 0 Å². The monoisotopic (exact) mass is 321 g/mol. The zero-order valence-electron chi connectivity index (χ0n) is 15.0. The summed E-state index contributed by atoms with van der Waals surface area (Å²) < 4.78 is 5.35. The lowest BCUT2D eigenvalue weighted by molar-refractivity contribution is 0.167. The Hall–Kier alpha value is -1.80. The molecule has 1 saturated heterocycles. The molecule has 1 heterocycles. The van der Waals surface area contributed by atoms with Crippen molar-refractivity contribution in [2.24, 2.45) is 5.92 Å². The van der Waals surface area contributed by atoms with Crippen LogP contribution in [0.25, 0.3) is 0 Å². The summed E-state index contributed by atoms with van der Waals surface area (Å²) in [6, 6.07) is 15.9. The average molecular weight is 321 g/mol. The number of nitrogens with zero attached hydrogens (tertiary/aromatic N) is 1. The maximum absolute atomic E-state index is 5.35. The third-order valence-electron chi connectivity index (χ3n) is 6.08. The molecular weight excluding hydrogens is 294 g/mol. The number of hydrogen-bond acceptors (Lipinski definition) is 2. The summed E-state index contributed by atoms with van der Waals surface area (Å²) in [5.74, 6) is 2.90. The van der Waals surface area contributed by atoms with Crippen molar-refractivity contribution in [3.05, 3.63) is 64.7 Å². The number of methoxy groups -OCH3 is 1. The highest BCUT2D eigenvalue weighted by molar-refractivity contribution is 5.49. The van der Waals surface area contributed by atoms with Crippen molar-refractivity contribution in [2.45, 2.75) is 32.1 Å². The molecule has 1 aliphatic heterocycles. The SMILES string of the molecule is CCN1CC[C@@H]2[C@@H](c3ccc(OC)cc3)c3cc(C)ccc3[C@@H]2C1. The van der Waals surface area contributed by atoms with Crippen molar-refractivity contribution in [1.29, 1.82) is 0 Å². The maximum Gasteiger partial charge on any atom is 0.118 e. The Morgan fingerprint density at radius 1 is 1.08 bits per heavy atom. The third-order valence-corrected chi connectivity index (χ3v) is 6.08. The smallest absolute Gasteiger partial charge is 0.118 e. The average Bonchev–Trinajstić information content (AvgIpc) is 2.94. The van der Waals surface area contributed by atoms with Gasteiger partial charge in [0, 0.05) is 18.4 Å². The number of piperidine rings is 1. The molecule has 0 saturated carbocycles. The zero-order chi connectivity index (χ0) is 16.7. The molecule has 0 amide bonds. The van der Waals surface area contributed by atoms with Crippen molar-refractivity contribution in [3.8, 4) is 5.75 Å². The van der Waals surface area contributed by atoms with Crippen LogP contribution < -0.4 is 4.74 Å². The van der Waals surface area contributed by atoms with Crippen LogP contribution in [0.1, 0.15) is 47.4 Å². The number of fused-ring (bicyclic) bond motifs is 3. The van der Waals surface area contributed by atoms with Gasteiger partial charge in [0.25, 0.3) is 0 Å². The molecule has 4 rings (SSSR count). The highest BCUT2D eigenvalue weighted by atomic mass is 16.5. The van der Waals surface area contributed by atoms with E-state index in [4.69, 9.17) is 4.74 Å². The molecular formula is C22H27NO. The molecule has 1 fully saturated rings. The number of benzene rings is 2. The minimum absolute atomic E-state index is 0.537. The first-order valence-corrected chi connectivity index (χ1v) is 9.18. The molecule has 0 unspecified atom stereocenters. The molecule has 1 aliphatic carbocycles. The van der Waals surface area contributed by atoms with E-state index >= 15 is 0 Å². The van der Waals surface area contributed by atoms with Gasteiger partial charge in [-0.3, -0.25) is 0 Å². The Kier molecular flexibility index (Phi) is 4.09. The Labute approximate surface area is 145 Å². The summed E-state index contributed by atoms with van der Waals surface area (Å²) in [5, 5.41) is 0. The molecule has 2 aromatic carbocycles. The predicted molar refractivity (Wildman–Crippen MR) is 99.0 cm³/mol. The van der Waals surface area contributed by atoms with Gasteiger partial charge in [-0.25, -0.2) is 0 Å². The Morgan fingerprint density at radius 3 is 2.58 bits per heavy atom. The summed E-state index contributed by atoms with van der Waals surface area (Å²) in [4.78, 5) is 2.61.